The predicted molar refractivity (Wildman–Crippen MR) is 103 cm³/mol. The molecule has 0 aliphatic rings. The van der Waals surface area contributed by atoms with Gasteiger partial charge in [-0.25, -0.2) is 9.59 Å². The second-order valence-corrected chi connectivity index (χ2v) is 6.34. The molecule has 2 aromatic carbocycles. The zero-order chi connectivity index (χ0) is 18.8. The summed E-state index contributed by atoms with van der Waals surface area (Å²) in [6.07, 6.45) is 0.115. The summed E-state index contributed by atoms with van der Waals surface area (Å²) in [6.45, 7) is 0. The first-order chi connectivity index (χ1) is 12.5. The van der Waals surface area contributed by atoms with Gasteiger partial charge >= 0.3 is 12.0 Å². The molecule has 7 nitrogen and oxygen atoms in total. The molecule has 2 rings (SSSR count). The molecule has 3 amide bonds. The lowest BCUT2D eigenvalue weighted by atomic mass is 10.2. The molecule has 1 atom stereocenters. The molecule has 0 bridgehead atoms. The van der Waals surface area contributed by atoms with E-state index in [1.54, 1.807) is 54.6 Å². The van der Waals surface area contributed by atoms with E-state index in [0.29, 0.717) is 11.4 Å². The van der Waals surface area contributed by atoms with Gasteiger partial charge in [-0.3, -0.25) is 4.79 Å². The fourth-order valence-corrected chi connectivity index (χ4v) is 2.78. The number of amides is 3. The molecule has 0 saturated heterocycles. The lowest BCUT2D eigenvalue weighted by Gasteiger charge is -2.15. The number of thioether (sulfide) groups is 1. The highest BCUT2D eigenvalue weighted by atomic mass is 32.2. The number of para-hydroxylation sites is 2. The zero-order valence-corrected chi connectivity index (χ0v) is 14.7. The molecule has 8 heteroatoms. The highest BCUT2D eigenvalue weighted by molar-refractivity contribution is 8.13. The van der Waals surface area contributed by atoms with E-state index in [9.17, 15) is 19.5 Å². The van der Waals surface area contributed by atoms with Crippen molar-refractivity contribution < 1.29 is 19.5 Å². The van der Waals surface area contributed by atoms with Crippen LogP contribution in [0.4, 0.5) is 21.0 Å². The lowest BCUT2D eigenvalue weighted by molar-refractivity contribution is -0.139. The van der Waals surface area contributed by atoms with Crippen LogP contribution in [0.2, 0.25) is 0 Å². The number of aliphatic carboxylic acids is 1. The first kappa shape index (κ1) is 19.3. The summed E-state index contributed by atoms with van der Waals surface area (Å²) in [5.41, 5.74) is 1.23. The van der Waals surface area contributed by atoms with Crippen molar-refractivity contribution in [2.24, 2.45) is 0 Å². The van der Waals surface area contributed by atoms with Crippen molar-refractivity contribution in [1.29, 1.82) is 0 Å². The molecular formula is C18H19N3O4S. The monoisotopic (exact) mass is 373 g/mol. The molecule has 0 saturated carbocycles. The molecule has 4 N–H and O–H groups in total. The predicted octanol–water partition coefficient (Wildman–Crippen LogP) is 3.62. The third kappa shape index (κ3) is 6.86. The molecule has 0 radical (unpaired) electrons. The summed E-state index contributed by atoms with van der Waals surface area (Å²) in [6, 6.07) is 16.0. The third-order valence-corrected chi connectivity index (χ3v) is 4.10. The first-order valence-electron chi connectivity index (χ1n) is 7.89. The average Bonchev–Trinajstić information content (AvgIpc) is 2.62. The summed E-state index contributed by atoms with van der Waals surface area (Å²) in [7, 11) is 0. The number of carboxylic acid groups (broad SMARTS) is 1. The lowest BCUT2D eigenvalue weighted by Crippen LogP contribution is -2.43. The van der Waals surface area contributed by atoms with E-state index in [1.807, 2.05) is 6.07 Å². The van der Waals surface area contributed by atoms with Crippen LogP contribution >= 0.6 is 11.8 Å². The minimum absolute atomic E-state index is 0.115. The fourth-order valence-electron chi connectivity index (χ4n) is 2.05. The Morgan fingerprint density at radius 3 is 1.96 bits per heavy atom. The second-order valence-electron chi connectivity index (χ2n) is 5.27. The van der Waals surface area contributed by atoms with Gasteiger partial charge in [0.15, 0.2) is 0 Å². The number of hydrogen-bond acceptors (Lipinski definition) is 4. The number of rotatable bonds is 7. The molecule has 26 heavy (non-hydrogen) atoms. The van der Waals surface area contributed by atoms with Gasteiger partial charge < -0.3 is 21.1 Å². The molecule has 136 valence electrons. The summed E-state index contributed by atoms with van der Waals surface area (Å²) >= 11 is 0.963. The number of nitrogens with one attached hydrogen (secondary N) is 3. The SMILES string of the molecule is O=C(Nc1ccccc1)N[C@H](CCSC(=O)Nc1ccccc1)C(=O)O. The van der Waals surface area contributed by atoms with E-state index in [2.05, 4.69) is 16.0 Å². The number of anilines is 2. The van der Waals surface area contributed by atoms with Gasteiger partial charge in [0, 0.05) is 17.1 Å². The number of hydrogen-bond donors (Lipinski definition) is 4. The zero-order valence-electron chi connectivity index (χ0n) is 13.8. The maximum absolute atomic E-state index is 11.9. The molecule has 0 aliphatic carbocycles. The summed E-state index contributed by atoms with van der Waals surface area (Å²) in [4.78, 5) is 35.0. The van der Waals surface area contributed by atoms with Crippen molar-refractivity contribution in [3.8, 4) is 0 Å². The molecule has 0 heterocycles. The van der Waals surface area contributed by atoms with E-state index < -0.39 is 18.0 Å². The molecule has 0 aromatic heterocycles. The molecular weight excluding hydrogens is 354 g/mol. The number of carboxylic acids is 1. The molecule has 0 aliphatic heterocycles. The number of carbonyl (C=O) groups excluding carboxylic acids is 2. The van der Waals surface area contributed by atoms with Crippen molar-refractivity contribution in [1.82, 2.24) is 5.32 Å². The van der Waals surface area contributed by atoms with Crippen molar-refractivity contribution in [3.63, 3.8) is 0 Å². The Bertz CT molecular complexity index is 741. The van der Waals surface area contributed by atoms with Crippen LogP contribution in [0.15, 0.2) is 60.7 Å². The number of carbonyl (C=O) groups is 3. The van der Waals surface area contributed by atoms with Crippen LogP contribution in [-0.2, 0) is 4.79 Å². The second kappa shape index (κ2) is 10.1. The van der Waals surface area contributed by atoms with Gasteiger partial charge in [0.1, 0.15) is 6.04 Å². The highest BCUT2D eigenvalue weighted by Gasteiger charge is 2.20. The Morgan fingerprint density at radius 2 is 1.42 bits per heavy atom. The topological polar surface area (TPSA) is 108 Å². The van der Waals surface area contributed by atoms with Crippen molar-refractivity contribution in [2.75, 3.05) is 16.4 Å². The maximum Gasteiger partial charge on any atom is 0.326 e. The molecule has 0 unspecified atom stereocenters. The average molecular weight is 373 g/mol. The fraction of sp³-hybridized carbons (Fsp3) is 0.167. The smallest absolute Gasteiger partial charge is 0.326 e. The Balaban J connectivity index is 1.76. The van der Waals surface area contributed by atoms with Gasteiger partial charge in [-0.1, -0.05) is 48.2 Å². The molecule has 2 aromatic rings. The summed E-state index contributed by atoms with van der Waals surface area (Å²) < 4.78 is 0. The van der Waals surface area contributed by atoms with Gasteiger partial charge in [0.2, 0.25) is 0 Å². The van der Waals surface area contributed by atoms with Crippen LogP contribution in [0, 0.1) is 0 Å². The van der Waals surface area contributed by atoms with E-state index >= 15 is 0 Å². The first-order valence-corrected chi connectivity index (χ1v) is 8.87. The van der Waals surface area contributed by atoms with Crippen molar-refractivity contribution >= 4 is 40.4 Å². The van der Waals surface area contributed by atoms with Crippen molar-refractivity contribution in [2.45, 2.75) is 12.5 Å². The Hall–Kier alpha value is -3.00. The third-order valence-electron chi connectivity index (χ3n) is 3.29. The summed E-state index contributed by atoms with van der Waals surface area (Å²) in [5.74, 6) is -0.904. The van der Waals surface area contributed by atoms with Crippen LogP contribution < -0.4 is 16.0 Å². The number of urea groups is 1. The van der Waals surface area contributed by atoms with Gasteiger partial charge in [0.25, 0.3) is 5.24 Å². The van der Waals surface area contributed by atoms with Crippen LogP contribution in [0.3, 0.4) is 0 Å². The van der Waals surface area contributed by atoms with Gasteiger partial charge in [-0.15, -0.1) is 0 Å². The maximum atomic E-state index is 11.9. The van der Waals surface area contributed by atoms with Crippen LogP contribution in [0.1, 0.15) is 6.42 Å². The molecule has 0 spiro atoms. The Kier molecular flexibility index (Phi) is 7.50. The van der Waals surface area contributed by atoms with E-state index in [4.69, 9.17) is 0 Å². The van der Waals surface area contributed by atoms with E-state index in [0.717, 1.165) is 11.8 Å². The number of benzene rings is 2. The normalized spacial score (nSPS) is 11.2. The molecule has 0 fully saturated rings. The standard InChI is InChI=1S/C18H19N3O4S/c22-16(23)15(21-17(24)19-13-7-3-1-4-8-13)11-12-26-18(25)20-14-9-5-2-6-10-14/h1-10,15H,11-12H2,(H,20,25)(H,22,23)(H2,19,21,24)/t15-/m1/s1. The van der Waals surface area contributed by atoms with E-state index in [-0.39, 0.29) is 17.4 Å². The summed E-state index contributed by atoms with van der Waals surface area (Å²) in [5, 5.41) is 16.6. The van der Waals surface area contributed by atoms with Crippen LogP contribution in [-0.4, -0.2) is 34.1 Å². The quantitative estimate of drug-likeness (QED) is 0.593. The largest absolute Gasteiger partial charge is 0.480 e. The minimum Gasteiger partial charge on any atom is -0.480 e. The highest BCUT2D eigenvalue weighted by Crippen LogP contribution is 2.13. The Morgan fingerprint density at radius 1 is 0.885 bits per heavy atom. The van der Waals surface area contributed by atoms with Gasteiger partial charge in [-0.05, 0) is 30.7 Å². The van der Waals surface area contributed by atoms with Gasteiger partial charge in [-0.2, -0.15) is 0 Å². The van der Waals surface area contributed by atoms with E-state index in [1.165, 1.54) is 0 Å². The minimum atomic E-state index is -1.16. The van der Waals surface area contributed by atoms with Gasteiger partial charge in [0.05, 0.1) is 0 Å². The Labute approximate surface area is 155 Å². The van der Waals surface area contributed by atoms with Crippen LogP contribution in [0.5, 0.6) is 0 Å². The van der Waals surface area contributed by atoms with Crippen LogP contribution in [0.25, 0.3) is 0 Å². The van der Waals surface area contributed by atoms with Crippen molar-refractivity contribution in [3.05, 3.63) is 60.7 Å².